The molecule has 0 atom stereocenters. The predicted molar refractivity (Wildman–Crippen MR) is 112 cm³/mol. The fourth-order valence-electron chi connectivity index (χ4n) is 2.43. The molecule has 1 aromatic carbocycles. The van der Waals surface area contributed by atoms with Crippen LogP contribution in [-0.4, -0.2) is 49.4 Å². The van der Waals surface area contributed by atoms with E-state index in [9.17, 15) is 31.2 Å². The monoisotopic (exact) mass is 492 g/mol. The van der Waals surface area contributed by atoms with Gasteiger partial charge in [0.1, 0.15) is 11.9 Å². The minimum absolute atomic E-state index is 0.151. The van der Waals surface area contributed by atoms with E-state index >= 15 is 0 Å². The summed E-state index contributed by atoms with van der Waals surface area (Å²) in [7, 11) is -1.80. The zero-order valence-electron chi connectivity index (χ0n) is 18.6. The van der Waals surface area contributed by atoms with Crippen LogP contribution < -0.4 is 10.0 Å². The zero-order chi connectivity index (χ0) is 25.4. The lowest BCUT2D eigenvalue weighted by Crippen LogP contribution is -2.39. The topological polar surface area (TPSA) is 131 Å². The number of halogens is 3. The van der Waals surface area contributed by atoms with Gasteiger partial charge in [-0.3, -0.25) is 10.1 Å². The number of alkyl halides is 3. The summed E-state index contributed by atoms with van der Waals surface area (Å²) in [5.74, 6) is -1.76. The average molecular weight is 492 g/mol. The third kappa shape index (κ3) is 6.68. The second-order valence-electron chi connectivity index (χ2n) is 8.09. The van der Waals surface area contributed by atoms with E-state index < -0.39 is 56.7 Å². The number of nitrogens with one attached hydrogen (secondary N) is 2. The number of benzene rings is 1. The van der Waals surface area contributed by atoms with Crippen LogP contribution in [0.3, 0.4) is 0 Å². The van der Waals surface area contributed by atoms with Crippen molar-refractivity contribution in [2.45, 2.75) is 39.5 Å². The van der Waals surface area contributed by atoms with E-state index in [0.29, 0.717) is 6.07 Å². The summed E-state index contributed by atoms with van der Waals surface area (Å²) in [6.07, 6.45) is -5.08. The van der Waals surface area contributed by atoms with Crippen LogP contribution in [-0.2, 0) is 21.1 Å². The van der Waals surface area contributed by atoms with Crippen molar-refractivity contribution in [3.8, 4) is 11.5 Å². The number of aromatic nitrogens is 1. The maximum atomic E-state index is 13.8. The second-order valence-corrected chi connectivity index (χ2v) is 9.98. The molecule has 0 unspecified atom stereocenters. The van der Waals surface area contributed by atoms with Gasteiger partial charge in [-0.2, -0.15) is 25.9 Å². The van der Waals surface area contributed by atoms with Gasteiger partial charge < -0.3 is 9.15 Å². The van der Waals surface area contributed by atoms with Crippen LogP contribution in [0.2, 0.25) is 0 Å². The van der Waals surface area contributed by atoms with Gasteiger partial charge in [-0.15, -0.1) is 0 Å². The van der Waals surface area contributed by atoms with Crippen LogP contribution in [0.4, 0.5) is 23.7 Å². The first-order valence-electron chi connectivity index (χ1n) is 9.33. The summed E-state index contributed by atoms with van der Waals surface area (Å²) in [5, 5.41) is 2.27. The molecule has 182 valence electrons. The average Bonchev–Trinajstić information content (AvgIpc) is 3.10. The fraction of sp³-hybridized carbons (Fsp3) is 0.421. The highest BCUT2D eigenvalue weighted by Crippen LogP contribution is 2.39. The Morgan fingerprint density at radius 3 is 2.27 bits per heavy atom. The number of oxazole rings is 1. The highest BCUT2D eigenvalue weighted by Gasteiger charge is 2.36. The first-order chi connectivity index (χ1) is 14.9. The van der Waals surface area contributed by atoms with Crippen molar-refractivity contribution in [3.05, 3.63) is 35.2 Å². The van der Waals surface area contributed by atoms with Crippen LogP contribution >= 0.6 is 0 Å². The molecule has 0 saturated heterocycles. The molecule has 0 fully saturated rings. The molecule has 0 saturated carbocycles. The van der Waals surface area contributed by atoms with Gasteiger partial charge in [0, 0.05) is 25.3 Å². The van der Waals surface area contributed by atoms with E-state index in [1.54, 1.807) is 25.5 Å². The van der Waals surface area contributed by atoms with E-state index in [2.05, 4.69) is 10.3 Å². The lowest BCUT2D eigenvalue weighted by molar-refractivity contribution is -0.137. The molecule has 1 heterocycles. The van der Waals surface area contributed by atoms with E-state index in [-0.39, 0.29) is 11.3 Å². The molecule has 0 aliphatic rings. The molecule has 1 aromatic heterocycles. The molecule has 0 aliphatic heterocycles. The first kappa shape index (κ1) is 26.1. The third-order valence-electron chi connectivity index (χ3n) is 3.98. The Labute approximate surface area is 188 Å². The van der Waals surface area contributed by atoms with Gasteiger partial charge in [0.15, 0.2) is 5.69 Å². The smallest absolute Gasteiger partial charge is 0.417 e. The molecule has 33 heavy (non-hydrogen) atoms. The van der Waals surface area contributed by atoms with E-state index in [1.165, 1.54) is 21.0 Å². The van der Waals surface area contributed by atoms with Crippen molar-refractivity contribution < 1.29 is 40.3 Å². The quantitative estimate of drug-likeness (QED) is 0.653. The van der Waals surface area contributed by atoms with Gasteiger partial charge in [0.2, 0.25) is 5.89 Å². The Bertz CT molecular complexity index is 1170. The molecule has 10 nitrogen and oxygen atoms in total. The number of hydrogen-bond acceptors (Lipinski definition) is 7. The lowest BCUT2D eigenvalue weighted by Gasteiger charge is -2.21. The molecule has 0 radical (unpaired) electrons. The van der Waals surface area contributed by atoms with E-state index in [4.69, 9.17) is 9.15 Å². The number of ether oxygens (including phenoxy) is 1. The Morgan fingerprint density at radius 1 is 1.15 bits per heavy atom. The normalized spacial score (nSPS) is 12.5. The molecule has 2 aromatic rings. The van der Waals surface area contributed by atoms with Crippen LogP contribution in [0.1, 0.15) is 42.4 Å². The number of amides is 2. The number of hydrogen-bond donors (Lipinski definition) is 2. The molecular weight excluding hydrogens is 469 g/mol. The summed E-state index contributed by atoms with van der Waals surface area (Å²) in [4.78, 5) is 27.8. The molecule has 2 N–H and O–H groups in total. The summed E-state index contributed by atoms with van der Waals surface area (Å²) in [5.41, 5.74) is -3.04. The SMILES string of the molecule is Cc1cc(-c2nc(C(=O)NS(=O)(=O)N(C)C)co2)c(C(F)(F)F)cc1NC(=O)OC(C)(C)C. The van der Waals surface area contributed by atoms with Crippen LogP contribution in [0, 0.1) is 6.92 Å². The molecule has 0 spiro atoms. The zero-order valence-corrected chi connectivity index (χ0v) is 19.4. The fourth-order valence-corrected chi connectivity index (χ4v) is 2.95. The van der Waals surface area contributed by atoms with E-state index in [1.807, 2.05) is 0 Å². The van der Waals surface area contributed by atoms with Crippen molar-refractivity contribution in [1.82, 2.24) is 14.0 Å². The van der Waals surface area contributed by atoms with Crippen molar-refractivity contribution in [2.24, 2.45) is 0 Å². The van der Waals surface area contributed by atoms with Gasteiger partial charge >= 0.3 is 22.5 Å². The number of carbonyl (C=O) groups is 2. The maximum Gasteiger partial charge on any atom is 0.417 e. The summed E-state index contributed by atoms with van der Waals surface area (Å²) < 4.78 is 77.3. The minimum Gasteiger partial charge on any atom is -0.444 e. The van der Waals surface area contributed by atoms with Crippen LogP contribution in [0.5, 0.6) is 0 Å². The van der Waals surface area contributed by atoms with Gasteiger partial charge in [-0.05, 0) is 45.4 Å². The highest BCUT2D eigenvalue weighted by atomic mass is 32.2. The summed E-state index contributed by atoms with van der Waals surface area (Å²) in [6.45, 7) is 6.24. The van der Waals surface area contributed by atoms with Crippen LogP contribution in [0.25, 0.3) is 11.5 Å². The number of aryl methyl sites for hydroxylation is 1. The lowest BCUT2D eigenvalue weighted by atomic mass is 10.0. The molecule has 0 bridgehead atoms. The van der Waals surface area contributed by atoms with E-state index in [0.717, 1.165) is 16.6 Å². The molecule has 14 heteroatoms. The molecule has 2 amide bonds. The van der Waals surface area contributed by atoms with Gasteiger partial charge in [-0.25, -0.2) is 14.5 Å². The number of carbonyl (C=O) groups excluding carboxylic acids is 2. The molecule has 2 rings (SSSR count). The molecular formula is C19H23F3N4O6S. The van der Waals surface area contributed by atoms with Gasteiger partial charge in [0.05, 0.1) is 5.56 Å². The van der Waals surface area contributed by atoms with Crippen molar-refractivity contribution >= 4 is 27.9 Å². The summed E-state index contributed by atoms with van der Waals surface area (Å²) in [6, 6.07) is 1.76. The number of rotatable bonds is 5. The predicted octanol–water partition coefficient (Wildman–Crippen LogP) is 3.55. The molecule has 0 aliphatic carbocycles. The Kier molecular flexibility index (Phi) is 7.14. The van der Waals surface area contributed by atoms with Crippen molar-refractivity contribution in [1.29, 1.82) is 0 Å². The maximum absolute atomic E-state index is 13.8. The Balaban J connectivity index is 2.44. The number of anilines is 1. The van der Waals surface area contributed by atoms with Crippen LogP contribution in [0.15, 0.2) is 22.8 Å². The minimum atomic E-state index is -4.88. The Morgan fingerprint density at radius 2 is 1.76 bits per heavy atom. The summed E-state index contributed by atoms with van der Waals surface area (Å²) >= 11 is 0. The third-order valence-corrected chi connectivity index (χ3v) is 5.38. The van der Waals surface area contributed by atoms with Crippen molar-refractivity contribution in [2.75, 3.05) is 19.4 Å². The first-order valence-corrected chi connectivity index (χ1v) is 10.8. The number of nitrogens with zero attached hydrogens (tertiary/aromatic N) is 2. The standard InChI is InChI=1S/C19H23F3N4O6S/c1-10-7-11(16-23-14(9-31-16)15(27)25-33(29,30)26(5)6)12(19(20,21)22)8-13(10)24-17(28)32-18(2,3)4/h7-9H,1-6H3,(H,24,28)(H,25,27). The second kappa shape index (κ2) is 9.02. The largest absolute Gasteiger partial charge is 0.444 e. The highest BCUT2D eigenvalue weighted by molar-refractivity contribution is 7.87. The van der Waals surface area contributed by atoms with Gasteiger partial charge in [-0.1, -0.05) is 0 Å². The van der Waals surface area contributed by atoms with Crippen molar-refractivity contribution in [3.63, 3.8) is 0 Å². The van der Waals surface area contributed by atoms with Gasteiger partial charge in [0.25, 0.3) is 5.91 Å². The Hall–Kier alpha value is -3.13.